The van der Waals surface area contributed by atoms with Crippen molar-refractivity contribution in [2.75, 3.05) is 13.7 Å². The molecule has 2 rings (SSSR count). The summed E-state index contributed by atoms with van der Waals surface area (Å²) in [5.74, 6) is 0.821. The van der Waals surface area contributed by atoms with Crippen molar-refractivity contribution in [1.29, 1.82) is 0 Å². The Balaban J connectivity index is 2.55. The van der Waals surface area contributed by atoms with E-state index < -0.39 is 0 Å². The monoisotopic (exact) mass is 288 g/mol. The highest BCUT2D eigenvalue weighted by Gasteiger charge is 2.24. The van der Waals surface area contributed by atoms with Gasteiger partial charge in [0.25, 0.3) is 0 Å². The lowest BCUT2D eigenvalue weighted by molar-refractivity contribution is 0.399. The first-order valence-electron chi connectivity index (χ1n) is 7.52. The summed E-state index contributed by atoms with van der Waals surface area (Å²) in [6.07, 6.45) is 6.53. The van der Waals surface area contributed by atoms with Gasteiger partial charge in [0.05, 0.1) is 19.3 Å². The van der Waals surface area contributed by atoms with Gasteiger partial charge in [-0.2, -0.15) is 5.10 Å². The molecule has 0 aromatic carbocycles. The van der Waals surface area contributed by atoms with E-state index in [0.717, 1.165) is 31.0 Å². The number of aromatic nitrogens is 3. The molecule has 5 heteroatoms. The number of nitrogens with zero attached hydrogens (tertiary/aromatic N) is 3. The van der Waals surface area contributed by atoms with Crippen LogP contribution in [0.25, 0.3) is 0 Å². The van der Waals surface area contributed by atoms with Crippen molar-refractivity contribution in [2.45, 2.75) is 39.8 Å². The first-order chi connectivity index (χ1) is 10.3. The Morgan fingerprint density at radius 3 is 2.71 bits per heavy atom. The standard InChI is InChI=1S/C16H24N4O/c1-5-12-10-17-9-8-13(12)15(18-6-2)16-14(21-4)11-19-20(16)7-3/h8-11,15,18H,5-7H2,1-4H3. The number of rotatable bonds is 7. The molecule has 1 atom stereocenters. The highest BCUT2D eigenvalue weighted by Crippen LogP contribution is 2.31. The van der Waals surface area contributed by atoms with Gasteiger partial charge in [-0.25, -0.2) is 0 Å². The Hall–Kier alpha value is -1.88. The second-order valence-corrected chi connectivity index (χ2v) is 4.83. The molecule has 1 unspecified atom stereocenters. The number of hydrogen-bond acceptors (Lipinski definition) is 4. The van der Waals surface area contributed by atoms with Gasteiger partial charge in [0.2, 0.25) is 0 Å². The second-order valence-electron chi connectivity index (χ2n) is 4.83. The van der Waals surface area contributed by atoms with Crippen molar-refractivity contribution >= 4 is 0 Å². The SMILES string of the molecule is CCNC(c1ccncc1CC)c1c(OC)cnn1CC. The lowest BCUT2D eigenvalue weighted by Gasteiger charge is -2.22. The number of pyridine rings is 1. The molecule has 0 saturated heterocycles. The van der Waals surface area contributed by atoms with E-state index in [9.17, 15) is 0 Å². The van der Waals surface area contributed by atoms with E-state index in [1.165, 1.54) is 11.1 Å². The third-order valence-corrected chi connectivity index (χ3v) is 3.68. The average Bonchev–Trinajstić information content (AvgIpc) is 2.95. The highest BCUT2D eigenvalue weighted by molar-refractivity contribution is 5.39. The minimum Gasteiger partial charge on any atom is -0.493 e. The predicted octanol–water partition coefficient (Wildman–Crippen LogP) is 2.57. The summed E-state index contributed by atoms with van der Waals surface area (Å²) >= 11 is 0. The molecule has 0 aliphatic carbocycles. The zero-order valence-electron chi connectivity index (χ0n) is 13.3. The van der Waals surface area contributed by atoms with Crippen LogP contribution in [0, 0.1) is 0 Å². The third kappa shape index (κ3) is 3.08. The molecule has 2 aromatic heterocycles. The smallest absolute Gasteiger partial charge is 0.161 e. The van der Waals surface area contributed by atoms with Gasteiger partial charge < -0.3 is 10.1 Å². The fourth-order valence-electron chi connectivity index (χ4n) is 2.65. The number of nitrogens with one attached hydrogen (secondary N) is 1. The summed E-state index contributed by atoms with van der Waals surface area (Å²) in [5, 5.41) is 7.98. The van der Waals surface area contributed by atoms with Gasteiger partial charge >= 0.3 is 0 Å². The van der Waals surface area contributed by atoms with Crippen molar-refractivity contribution < 1.29 is 4.74 Å². The zero-order chi connectivity index (χ0) is 15.2. The molecule has 0 spiro atoms. The maximum Gasteiger partial charge on any atom is 0.161 e. The lowest BCUT2D eigenvalue weighted by Crippen LogP contribution is -2.26. The maximum atomic E-state index is 5.51. The number of methoxy groups -OCH3 is 1. The van der Waals surface area contributed by atoms with Crippen LogP contribution in [0.4, 0.5) is 0 Å². The molecular formula is C16H24N4O. The van der Waals surface area contributed by atoms with E-state index >= 15 is 0 Å². The van der Waals surface area contributed by atoms with E-state index in [4.69, 9.17) is 4.74 Å². The minimum absolute atomic E-state index is 0.0605. The number of aryl methyl sites for hydroxylation is 2. The van der Waals surface area contributed by atoms with Crippen molar-refractivity contribution in [1.82, 2.24) is 20.1 Å². The van der Waals surface area contributed by atoms with Crippen LogP contribution < -0.4 is 10.1 Å². The molecule has 5 nitrogen and oxygen atoms in total. The fraction of sp³-hybridized carbons (Fsp3) is 0.500. The van der Waals surface area contributed by atoms with Crippen LogP contribution >= 0.6 is 0 Å². The maximum absolute atomic E-state index is 5.51. The van der Waals surface area contributed by atoms with Crippen molar-refractivity contribution in [2.24, 2.45) is 0 Å². The topological polar surface area (TPSA) is 52.0 Å². The first-order valence-corrected chi connectivity index (χ1v) is 7.52. The van der Waals surface area contributed by atoms with E-state index in [1.54, 1.807) is 13.3 Å². The Morgan fingerprint density at radius 1 is 1.29 bits per heavy atom. The van der Waals surface area contributed by atoms with Crippen LogP contribution in [-0.4, -0.2) is 28.4 Å². The fourth-order valence-corrected chi connectivity index (χ4v) is 2.65. The minimum atomic E-state index is 0.0605. The highest BCUT2D eigenvalue weighted by atomic mass is 16.5. The first kappa shape index (κ1) is 15.5. The molecule has 1 N–H and O–H groups in total. The van der Waals surface area contributed by atoms with Crippen molar-refractivity contribution in [3.8, 4) is 5.75 Å². The molecule has 0 aliphatic heterocycles. The van der Waals surface area contributed by atoms with E-state index in [2.05, 4.69) is 42.2 Å². The molecule has 114 valence electrons. The molecule has 0 radical (unpaired) electrons. The van der Waals surface area contributed by atoms with Gasteiger partial charge in [0.15, 0.2) is 5.75 Å². The van der Waals surface area contributed by atoms with Crippen molar-refractivity contribution in [3.63, 3.8) is 0 Å². The Morgan fingerprint density at radius 2 is 2.10 bits per heavy atom. The van der Waals surface area contributed by atoms with Gasteiger partial charge in [0.1, 0.15) is 5.69 Å². The van der Waals surface area contributed by atoms with E-state index in [0.29, 0.717) is 0 Å². The predicted molar refractivity (Wildman–Crippen MR) is 83.6 cm³/mol. The molecule has 0 saturated carbocycles. The summed E-state index contributed by atoms with van der Waals surface area (Å²) < 4.78 is 7.50. The van der Waals surface area contributed by atoms with Crippen LogP contribution in [-0.2, 0) is 13.0 Å². The summed E-state index contributed by atoms with van der Waals surface area (Å²) in [6.45, 7) is 8.03. The van der Waals surface area contributed by atoms with Crippen LogP contribution in [0.15, 0.2) is 24.7 Å². The summed E-state index contributed by atoms with van der Waals surface area (Å²) in [4.78, 5) is 4.24. The van der Waals surface area contributed by atoms with E-state index in [-0.39, 0.29) is 6.04 Å². The molecule has 0 amide bonds. The van der Waals surface area contributed by atoms with Gasteiger partial charge in [-0.1, -0.05) is 13.8 Å². The average molecular weight is 288 g/mol. The summed E-state index contributed by atoms with van der Waals surface area (Å²) in [6, 6.07) is 2.14. The molecular weight excluding hydrogens is 264 g/mol. The molecule has 21 heavy (non-hydrogen) atoms. The Labute approximate surface area is 126 Å². The van der Waals surface area contributed by atoms with Gasteiger partial charge in [0, 0.05) is 18.9 Å². The number of hydrogen-bond donors (Lipinski definition) is 1. The lowest BCUT2D eigenvalue weighted by atomic mass is 9.97. The van der Waals surface area contributed by atoms with Crippen molar-refractivity contribution in [3.05, 3.63) is 41.5 Å². The van der Waals surface area contributed by atoms with E-state index in [1.807, 2.05) is 17.1 Å². The molecule has 2 heterocycles. The van der Waals surface area contributed by atoms with Crippen LogP contribution in [0.3, 0.4) is 0 Å². The molecule has 0 fully saturated rings. The van der Waals surface area contributed by atoms with Crippen LogP contribution in [0.1, 0.15) is 43.6 Å². The molecule has 0 aliphatic rings. The van der Waals surface area contributed by atoms with Gasteiger partial charge in [-0.3, -0.25) is 9.67 Å². The normalized spacial score (nSPS) is 12.4. The van der Waals surface area contributed by atoms with Gasteiger partial charge in [-0.15, -0.1) is 0 Å². The zero-order valence-corrected chi connectivity index (χ0v) is 13.3. The largest absolute Gasteiger partial charge is 0.493 e. The molecule has 0 bridgehead atoms. The molecule has 2 aromatic rings. The van der Waals surface area contributed by atoms with Crippen LogP contribution in [0.5, 0.6) is 5.75 Å². The third-order valence-electron chi connectivity index (χ3n) is 3.68. The van der Waals surface area contributed by atoms with Gasteiger partial charge in [-0.05, 0) is 37.1 Å². The number of ether oxygens (including phenoxy) is 1. The second kappa shape index (κ2) is 7.22. The van der Waals surface area contributed by atoms with Crippen LogP contribution in [0.2, 0.25) is 0 Å². The Bertz CT molecular complexity index is 558. The quantitative estimate of drug-likeness (QED) is 0.851. The Kier molecular flexibility index (Phi) is 5.33. The summed E-state index contributed by atoms with van der Waals surface area (Å²) in [7, 11) is 1.69. The summed E-state index contributed by atoms with van der Waals surface area (Å²) in [5.41, 5.74) is 3.56.